The van der Waals surface area contributed by atoms with Crippen LogP contribution in [0.25, 0.3) is 0 Å². The molecular weight excluding hydrogens is 278 g/mol. The average Bonchev–Trinajstić information content (AvgIpc) is 2.27. The molecule has 0 aromatic heterocycles. The Balaban J connectivity index is 3.10. The lowest BCUT2D eigenvalue weighted by molar-refractivity contribution is -0.137. The van der Waals surface area contributed by atoms with E-state index in [1.165, 1.54) is 0 Å². The fourth-order valence-corrected chi connectivity index (χ4v) is 1.93. The zero-order valence-electron chi connectivity index (χ0n) is 9.57. The van der Waals surface area contributed by atoms with Crippen molar-refractivity contribution in [2.24, 2.45) is 5.14 Å². The molecule has 0 heterocycles. The van der Waals surface area contributed by atoms with E-state index in [4.69, 9.17) is 20.1 Å². The highest BCUT2D eigenvalue weighted by Gasteiger charge is 2.18. The van der Waals surface area contributed by atoms with Gasteiger partial charge in [0.05, 0.1) is 18.6 Å². The predicted octanol–water partition coefficient (Wildman–Crippen LogP) is -0.114. The Morgan fingerprint density at radius 1 is 1.26 bits per heavy atom. The number of carboxylic acid groups (broad SMARTS) is 2. The summed E-state index contributed by atoms with van der Waals surface area (Å²) in [4.78, 5) is 20.6. The summed E-state index contributed by atoms with van der Waals surface area (Å²) < 4.78 is 27.6. The fraction of sp³-hybridized carbons (Fsp3) is 0.200. The number of primary sulfonamides is 1. The van der Waals surface area contributed by atoms with Gasteiger partial charge in [0.1, 0.15) is 10.6 Å². The lowest BCUT2D eigenvalue weighted by Crippen LogP contribution is -2.16. The van der Waals surface area contributed by atoms with Crippen LogP contribution in [-0.4, -0.2) is 37.2 Å². The Bertz CT molecular complexity index is 608. The van der Waals surface area contributed by atoms with Crippen LogP contribution in [0.5, 0.6) is 5.75 Å². The lowest BCUT2D eigenvalue weighted by atomic mass is 10.2. The van der Waals surface area contributed by atoms with Gasteiger partial charge in [0.25, 0.3) is 0 Å². The molecule has 0 aliphatic carbocycles. The van der Waals surface area contributed by atoms with Crippen molar-refractivity contribution in [3.8, 4) is 5.75 Å². The molecule has 0 saturated carbocycles. The van der Waals surface area contributed by atoms with Gasteiger partial charge in [-0.1, -0.05) is 0 Å². The third-order valence-corrected chi connectivity index (χ3v) is 3.00. The van der Waals surface area contributed by atoms with Crippen LogP contribution in [0.1, 0.15) is 16.8 Å². The lowest BCUT2D eigenvalue weighted by Gasteiger charge is -2.10. The van der Waals surface area contributed by atoms with Gasteiger partial charge in [0, 0.05) is 0 Å². The van der Waals surface area contributed by atoms with Crippen molar-refractivity contribution in [3.63, 3.8) is 0 Å². The molecule has 0 spiro atoms. The van der Waals surface area contributed by atoms with Crippen LogP contribution in [0.2, 0.25) is 0 Å². The first-order chi connectivity index (χ1) is 8.71. The number of hydrogen-bond acceptors (Lipinski definition) is 5. The second-order valence-corrected chi connectivity index (χ2v) is 5.03. The van der Waals surface area contributed by atoms with Crippen molar-refractivity contribution in [2.75, 3.05) is 6.61 Å². The molecule has 0 bridgehead atoms. The van der Waals surface area contributed by atoms with Gasteiger partial charge in [-0.25, -0.2) is 18.4 Å². The largest absolute Gasteiger partial charge is 0.492 e. The van der Waals surface area contributed by atoms with E-state index >= 15 is 0 Å². The van der Waals surface area contributed by atoms with E-state index < -0.39 is 26.9 Å². The number of sulfonamides is 1. The van der Waals surface area contributed by atoms with E-state index in [1.54, 1.807) is 0 Å². The summed E-state index contributed by atoms with van der Waals surface area (Å²) in [5.74, 6) is -2.62. The van der Waals surface area contributed by atoms with Gasteiger partial charge in [-0.2, -0.15) is 0 Å². The molecule has 0 aliphatic rings. The molecule has 0 atom stereocenters. The molecule has 0 saturated heterocycles. The SMILES string of the molecule is NS(=O)(=O)c1cc(C(=O)O)ccc1OCCC(=O)O. The minimum Gasteiger partial charge on any atom is -0.492 e. The second-order valence-electron chi connectivity index (χ2n) is 3.50. The number of rotatable bonds is 6. The number of aromatic carboxylic acids is 1. The van der Waals surface area contributed by atoms with Crippen molar-refractivity contribution >= 4 is 22.0 Å². The molecular formula is C10H11NO7S. The summed E-state index contributed by atoms with van der Waals surface area (Å²) in [6.07, 6.45) is -0.329. The van der Waals surface area contributed by atoms with E-state index in [2.05, 4.69) is 0 Å². The number of carbonyl (C=O) groups is 2. The molecule has 19 heavy (non-hydrogen) atoms. The van der Waals surface area contributed by atoms with Gasteiger partial charge in [0.15, 0.2) is 0 Å². The van der Waals surface area contributed by atoms with Crippen molar-refractivity contribution in [1.82, 2.24) is 0 Å². The summed E-state index contributed by atoms with van der Waals surface area (Å²) in [7, 11) is -4.18. The average molecular weight is 289 g/mol. The van der Waals surface area contributed by atoms with Crippen LogP contribution in [-0.2, 0) is 14.8 Å². The smallest absolute Gasteiger partial charge is 0.335 e. The molecule has 4 N–H and O–H groups in total. The molecule has 1 aromatic carbocycles. The topological polar surface area (TPSA) is 144 Å². The van der Waals surface area contributed by atoms with Crippen LogP contribution in [0.4, 0.5) is 0 Å². The molecule has 104 valence electrons. The van der Waals surface area contributed by atoms with Gasteiger partial charge in [-0.3, -0.25) is 4.79 Å². The number of ether oxygens (including phenoxy) is 1. The van der Waals surface area contributed by atoms with Gasteiger partial charge >= 0.3 is 11.9 Å². The van der Waals surface area contributed by atoms with Crippen LogP contribution in [0.15, 0.2) is 23.1 Å². The highest BCUT2D eigenvalue weighted by Crippen LogP contribution is 2.24. The van der Waals surface area contributed by atoms with Crippen molar-refractivity contribution in [1.29, 1.82) is 0 Å². The molecule has 0 aliphatic heterocycles. The fourth-order valence-electron chi connectivity index (χ4n) is 1.23. The third kappa shape index (κ3) is 4.23. The predicted molar refractivity (Wildman–Crippen MR) is 62.5 cm³/mol. The molecule has 0 unspecified atom stereocenters. The van der Waals surface area contributed by atoms with Crippen LogP contribution >= 0.6 is 0 Å². The molecule has 1 aromatic rings. The van der Waals surface area contributed by atoms with E-state index in [9.17, 15) is 18.0 Å². The van der Waals surface area contributed by atoms with Crippen LogP contribution in [0.3, 0.4) is 0 Å². The second kappa shape index (κ2) is 5.67. The molecule has 8 nitrogen and oxygen atoms in total. The summed E-state index contributed by atoms with van der Waals surface area (Å²) in [5.41, 5.74) is -0.269. The van der Waals surface area contributed by atoms with E-state index in [0.717, 1.165) is 18.2 Å². The minimum atomic E-state index is -4.18. The van der Waals surface area contributed by atoms with Gasteiger partial charge in [-0.05, 0) is 18.2 Å². The molecule has 0 fully saturated rings. The first-order valence-electron chi connectivity index (χ1n) is 4.96. The maximum absolute atomic E-state index is 11.3. The number of aliphatic carboxylic acids is 1. The summed E-state index contributed by atoms with van der Waals surface area (Å²) in [5, 5.41) is 22.1. The Labute approximate surface area is 108 Å². The van der Waals surface area contributed by atoms with Gasteiger partial charge in [-0.15, -0.1) is 0 Å². The van der Waals surface area contributed by atoms with Crippen molar-refractivity contribution in [2.45, 2.75) is 11.3 Å². The molecule has 9 heteroatoms. The molecule has 1 rings (SSSR count). The van der Waals surface area contributed by atoms with Crippen molar-refractivity contribution < 1.29 is 33.0 Å². The third-order valence-electron chi connectivity index (χ3n) is 2.07. The number of hydrogen-bond donors (Lipinski definition) is 3. The first-order valence-corrected chi connectivity index (χ1v) is 6.51. The normalized spacial score (nSPS) is 11.0. The number of benzene rings is 1. The van der Waals surface area contributed by atoms with Gasteiger partial charge in [0.2, 0.25) is 10.0 Å². The monoisotopic (exact) mass is 289 g/mol. The quantitative estimate of drug-likeness (QED) is 0.662. The maximum atomic E-state index is 11.3. The molecule has 0 radical (unpaired) electrons. The highest BCUT2D eigenvalue weighted by atomic mass is 32.2. The summed E-state index contributed by atoms with van der Waals surface area (Å²) >= 11 is 0. The van der Waals surface area contributed by atoms with Gasteiger partial charge < -0.3 is 14.9 Å². The molecule has 0 amide bonds. The summed E-state index contributed by atoms with van der Waals surface area (Å²) in [6.45, 7) is -0.260. The standard InChI is InChI=1S/C10H11NO7S/c11-19(16,17)8-5-6(10(14)15)1-2-7(8)18-4-3-9(12)13/h1-2,5H,3-4H2,(H,12,13)(H,14,15)(H2,11,16,17). The Hall–Kier alpha value is -2.13. The Kier molecular flexibility index (Phi) is 4.46. The number of nitrogens with two attached hydrogens (primary N) is 1. The Morgan fingerprint density at radius 2 is 1.89 bits per heavy atom. The van der Waals surface area contributed by atoms with Crippen LogP contribution in [0, 0.1) is 0 Å². The minimum absolute atomic E-state index is 0.186. The zero-order chi connectivity index (χ0) is 14.6. The number of carboxylic acids is 2. The Morgan fingerprint density at radius 3 is 2.37 bits per heavy atom. The van der Waals surface area contributed by atoms with Crippen LogP contribution < -0.4 is 9.88 Å². The van der Waals surface area contributed by atoms with E-state index in [0.29, 0.717) is 0 Å². The first kappa shape index (κ1) is 14.9. The van der Waals surface area contributed by atoms with E-state index in [1.807, 2.05) is 0 Å². The van der Waals surface area contributed by atoms with E-state index in [-0.39, 0.29) is 24.3 Å². The highest BCUT2D eigenvalue weighted by molar-refractivity contribution is 7.89. The van der Waals surface area contributed by atoms with Crippen molar-refractivity contribution in [3.05, 3.63) is 23.8 Å². The zero-order valence-corrected chi connectivity index (χ0v) is 10.4. The maximum Gasteiger partial charge on any atom is 0.335 e. The summed E-state index contributed by atoms with van der Waals surface area (Å²) in [6, 6.07) is 3.10.